The van der Waals surface area contributed by atoms with E-state index < -0.39 is 0 Å². The molecule has 0 radical (unpaired) electrons. The van der Waals surface area contributed by atoms with Gasteiger partial charge in [0.2, 0.25) is 5.91 Å². The average molecular weight is 390 g/mol. The minimum atomic E-state index is -0.0666. The Morgan fingerprint density at radius 2 is 2.00 bits per heavy atom. The lowest BCUT2D eigenvalue weighted by Crippen LogP contribution is -2.12. The molecule has 1 N–H and O–H groups in total. The normalized spacial score (nSPS) is 10.9. The summed E-state index contributed by atoms with van der Waals surface area (Å²) >= 11 is 7.72. The summed E-state index contributed by atoms with van der Waals surface area (Å²) in [6.07, 6.45) is 1.67. The first-order chi connectivity index (χ1) is 12.4. The Morgan fingerprint density at radius 3 is 2.69 bits per heavy atom. The molecule has 26 heavy (non-hydrogen) atoms. The van der Waals surface area contributed by atoms with Crippen LogP contribution in [0.4, 0.5) is 5.13 Å². The molecule has 0 aliphatic heterocycles. The number of amides is 1. The van der Waals surface area contributed by atoms with Crippen LogP contribution in [0.5, 0.6) is 0 Å². The summed E-state index contributed by atoms with van der Waals surface area (Å²) in [6, 6.07) is 7.76. The Morgan fingerprint density at radius 1 is 1.23 bits per heavy atom. The zero-order valence-electron chi connectivity index (χ0n) is 14.9. The number of halogens is 1. The van der Waals surface area contributed by atoms with E-state index in [1.54, 1.807) is 0 Å². The largest absolute Gasteiger partial charge is 0.361 e. The van der Waals surface area contributed by atoms with Gasteiger partial charge in [-0.2, -0.15) is 0 Å². The first-order valence-corrected chi connectivity index (χ1v) is 9.54. The van der Waals surface area contributed by atoms with Crippen LogP contribution < -0.4 is 5.32 Å². The summed E-state index contributed by atoms with van der Waals surface area (Å²) in [4.78, 5) is 17.8. The fraction of sp³-hybridized carbons (Fsp3) is 0.316. The van der Waals surface area contributed by atoms with Gasteiger partial charge in [0, 0.05) is 28.3 Å². The fourth-order valence-corrected chi connectivity index (χ4v) is 3.94. The van der Waals surface area contributed by atoms with Gasteiger partial charge in [-0.1, -0.05) is 35.0 Å². The molecule has 0 spiro atoms. The number of rotatable bonds is 6. The van der Waals surface area contributed by atoms with E-state index in [-0.39, 0.29) is 5.91 Å². The molecule has 5 nitrogen and oxygen atoms in total. The number of nitrogens with zero attached hydrogens (tertiary/aromatic N) is 2. The number of hydrogen-bond acceptors (Lipinski definition) is 5. The van der Waals surface area contributed by atoms with Crippen LogP contribution in [0.25, 0.3) is 0 Å². The Kier molecular flexibility index (Phi) is 5.74. The summed E-state index contributed by atoms with van der Waals surface area (Å²) in [7, 11) is 0. The van der Waals surface area contributed by atoms with Gasteiger partial charge in [0.15, 0.2) is 5.13 Å². The van der Waals surface area contributed by atoms with Gasteiger partial charge in [-0.05, 0) is 38.8 Å². The molecule has 0 aliphatic rings. The highest BCUT2D eigenvalue weighted by Crippen LogP contribution is 2.28. The Hall–Kier alpha value is -2.18. The van der Waals surface area contributed by atoms with Gasteiger partial charge in [-0.25, -0.2) is 4.98 Å². The van der Waals surface area contributed by atoms with Crippen molar-refractivity contribution in [2.75, 3.05) is 5.32 Å². The van der Waals surface area contributed by atoms with Crippen molar-refractivity contribution in [3.63, 3.8) is 0 Å². The second kappa shape index (κ2) is 8.01. The summed E-state index contributed by atoms with van der Waals surface area (Å²) in [5, 5.41) is 8.16. The highest BCUT2D eigenvalue weighted by Gasteiger charge is 2.14. The van der Waals surface area contributed by atoms with E-state index in [1.165, 1.54) is 11.3 Å². The molecule has 3 rings (SSSR count). The number of carbonyl (C=O) groups is 1. The third kappa shape index (κ3) is 4.31. The Labute approximate surface area is 161 Å². The quantitative estimate of drug-likeness (QED) is 0.652. The molecule has 0 fully saturated rings. The average Bonchev–Trinajstić information content (AvgIpc) is 3.10. The van der Waals surface area contributed by atoms with Gasteiger partial charge in [-0.3, -0.25) is 4.79 Å². The van der Waals surface area contributed by atoms with Crippen molar-refractivity contribution >= 4 is 34.0 Å². The van der Waals surface area contributed by atoms with Crippen LogP contribution in [0.3, 0.4) is 0 Å². The third-order valence-corrected chi connectivity index (χ3v) is 5.67. The minimum absolute atomic E-state index is 0.0666. The van der Waals surface area contributed by atoms with Crippen LogP contribution in [0.2, 0.25) is 5.02 Å². The summed E-state index contributed by atoms with van der Waals surface area (Å²) in [5.74, 6) is 0.700. The van der Waals surface area contributed by atoms with Gasteiger partial charge >= 0.3 is 0 Å². The van der Waals surface area contributed by atoms with E-state index >= 15 is 0 Å². The number of hydrogen-bond donors (Lipinski definition) is 1. The molecule has 0 atom stereocenters. The fourth-order valence-electron chi connectivity index (χ4n) is 2.74. The second-order valence-electron chi connectivity index (χ2n) is 6.15. The zero-order valence-corrected chi connectivity index (χ0v) is 16.5. The molecular weight excluding hydrogens is 370 g/mol. The van der Waals surface area contributed by atoms with E-state index in [0.29, 0.717) is 24.4 Å². The Bertz CT molecular complexity index is 913. The van der Waals surface area contributed by atoms with Crippen molar-refractivity contribution in [3.8, 4) is 0 Å². The number of thiazole rings is 1. The van der Waals surface area contributed by atoms with Crippen molar-refractivity contribution in [1.29, 1.82) is 0 Å². The third-order valence-electron chi connectivity index (χ3n) is 4.23. The number of aryl methyl sites for hydroxylation is 3. The van der Waals surface area contributed by atoms with Crippen molar-refractivity contribution < 1.29 is 9.32 Å². The van der Waals surface area contributed by atoms with Crippen LogP contribution in [0.1, 0.15) is 39.6 Å². The van der Waals surface area contributed by atoms with E-state index in [1.807, 2.05) is 45.0 Å². The predicted molar refractivity (Wildman–Crippen MR) is 104 cm³/mol. The van der Waals surface area contributed by atoms with Crippen LogP contribution in [0.15, 0.2) is 28.8 Å². The maximum Gasteiger partial charge on any atom is 0.226 e. The smallest absolute Gasteiger partial charge is 0.226 e. The van der Waals surface area contributed by atoms with E-state index in [9.17, 15) is 4.79 Å². The SMILES string of the molecule is Cc1nc(NC(=O)CCc2c(C)noc2C)sc1Cc1ccccc1Cl. The molecule has 0 unspecified atom stereocenters. The first-order valence-electron chi connectivity index (χ1n) is 8.35. The molecule has 7 heteroatoms. The van der Waals surface area contributed by atoms with E-state index in [4.69, 9.17) is 16.1 Å². The van der Waals surface area contributed by atoms with Crippen molar-refractivity contribution in [1.82, 2.24) is 10.1 Å². The zero-order chi connectivity index (χ0) is 18.7. The molecule has 0 saturated carbocycles. The van der Waals surface area contributed by atoms with Gasteiger partial charge in [0.25, 0.3) is 0 Å². The van der Waals surface area contributed by atoms with Crippen LogP contribution in [-0.4, -0.2) is 16.0 Å². The van der Waals surface area contributed by atoms with Crippen molar-refractivity contribution in [2.24, 2.45) is 0 Å². The highest BCUT2D eigenvalue weighted by molar-refractivity contribution is 7.15. The molecule has 1 aromatic carbocycles. The maximum atomic E-state index is 12.2. The standard InChI is InChI=1S/C19H20ClN3O2S/c1-11-15(13(3)25-23-11)8-9-18(24)22-19-21-12(2)17(26-19)10-14-6-4-5-7-16(14)20/h4-7H,8-10H2,1-3H3,(H,21,22,24). The lowest BCUT2D eigenvalue weighted by molar-refractivity contribution is -0.116. The summed E-state index contributed by atoms with van der Waals surface area (Å²) < 4.78 is 5.13. The molecule has 3 aromatic rings. The summed E-state index contributed by atoms with van der Waals surface area (Å²) in [5.41, 5.74) is 3.80. The van der Waals surface area contributed by atoms with Crippen molar-refractivity contribution in [2.45, 2.75) is 40.0 Å². The first kappa shape index (κ1) is 18.6. The molecular formula is C19H20ClN3O2S. The molecule has 0 bridgehead atoms. The van der Waals surface area contributed by atoms with Gasteiger partial charge in [0.05, 0.1) is 11.4 Å². The monoisotopic (exact) mass is 389 g/mol. The van der Waals surface area contributed by atoms with Gasteiger partial charge in [-0.15, -0.1) is 11.3 Å². The van der Waals surface area contributed by atoms with Crippen LogP contribution in [0, 0.1) is 20.8 Å². The van der Waals surface area contributed by atoms with Gasteiger partial charge in [0.1, 0.15) is 5.76 Å². The lowest BCUT2D eigenvalue weighted by atomic mass is 10.1. The minimum Gasteiger partial charge on any atom is -0.361 e. The van der Waals surface area contributed by atoms with Crippen LogP contribution in [-0.2, 0) is 17.6 Å². The lowest BCUT2D eigenvalue weighted by Gasteiger charge is -2.02. The predicted octanol–water partition coefficient (Wildman–Crippen LogP) is 4.87. The topological polar surface area (TPSA) is 68.0 Å². The molecule has 0 aliphatic carbocycles. The Balaban J connectivity index is 1.62. The van der Waals surface area contributed by atoms with Crippen molar-refractivity contribution in [3.05, 3.63) is 62.4 Å². The molecule has 2 heterocycles. The number of carbonyl (C=O) groups excluding carboxylic acids is 1. The number of nitrogens with one attached hydrogen (secondary N) is 1. The number of aromatic nitrogens is 2. The van der Waals surface area contributed by atoms with E-state index in [0.717, 1.165) is 38.2 Å². The summed E-state index contributed by atoms with van der Waals surface area (Å²) in [6.45, 7) is 5.69. The number of benzene rings is 1. The molecule has 1 amide bonds. The molecule has 136 valence electrons. The number of anilines is 1. The van der Waals surface area contributed by atoms with Gasteiger partial charge < -0.3 is 9.84 Å². The molecule has 2 aromatic heterocycles. The molecule has 0 saturated heterocycles. The van der Waals surface area contributed by atoms with E-state index in [2.05, 4.69) is 15.5 Å². The maximum absolute atomic E-state index is 12.2. The second-order valence-corrected chi connectivity index (χ2v) is 7.64. The van der Waals surface area contributed by atoms with Crippen LogP contribution >= 0.6 is 22.9 Å². The highest BCUT2D eigenvalue weighted by atomic mass is 35.5.